The van der Waals surface area contributed by atoms with Gasteiger partial charge in [0.15, 0.2) is 0 Å². The van der Waals surface area contributed by atoms with Gasteiger partial charge in [-0.05, 0) is 63.4 Å². The van der Waals surface area contributed by atoms with Gasteiger partial charge in [-0.2, -0.15) is 0 Å². The van der Waals surface area contributed by atoms with Crippen molar-refractivity contribution >= 4 is 21.8 Å². The van der Waals surface area contributed by atoms with Crippen molar-refractivity contribution in [3.63, 3.8) is 0 Å². The first-order valence-electron chi connectivity index (χ1n) is 11.9. The fraction of sp³-hybridized carbons (Fsp3) is 0.250. The summed E-state index contributed by atoms with van der Waals surface area (Å²) in [6, 6.07) is 33.4. The summed E-state index contributed by atoms with van der Waals surface area (Å²) in [5, 5.41) is 2.59. The number of hydrogen-bond acceptors (Lipinski definition) is 0. The molecule has 0 aliphatic carbocycles. The maximum Gasteiger partial charge on any atom is 0.0541 e. The van der Waals surface area contributed by atoms with E-state index < -0.39 is 0 Å². The second-order valence-electron chi connectivity index (χ2n) is 11.2. The Hall–Kier alpha value is -3.32. The Morgan fingerprint density at radius 2 is 1.06 bits per heavy atom. The van der Waals surface area contributed by atoms with Crippen LogP contribution < -0.4 is 0 Å². The van der Waals surface area contributed by atoms with Crippen LogP contribution in [0.5, 0.6) is 0 Å². The van der Waals surface area contributed by atoms with E-state index in [1.807, 2.05) is 0 Å². The molecule has 0 radical (unpaired) electrons. The first kappa shape index (κ1) is 21.5. The molecule has 0 bridgehead atoms. The first-order valence-corrected chi connectivity index (χ1v) is 11.9. The summed E-state index contributed by atoms with van der Waals surface area (Å²) in [7, 11) is 0. The number of aromatic nitrogens is 1. The van der Waals surface area contributed by atoms with Gasteiger partial charge in [-0.1, -0.05) is 102 Å². The molecule has 0 atom stereocenters. The van der Waals surface area contributed by atoms with Gasteiger partial charge in [-0.3, -0.25) is 0 Å². The molecule has 0 fully saturated rings. The maximum absolute atomic E-state index is 2.41. The SMILES string of the molecule is CC(C)(C)c1ccc(-c2ccc3c(c2)c2ccccc2n3-c2ccccc2)cc1C(C)(C)C. The average molecular weight is 432 g/mol. The minimum absolute atomic E-state index is 0.0893. The Morgan fingerprint density at radius 3 is 1.76 bits per heavy atom. The van der Waals surface area contributed by atoms with E-state index in [-0.39, 0.29) is 10.8 Å². The summed E-state index contributed by atoms with van der Waals surface area (Å²) >= 11 is 0. The van der Waals surface area contributed by atoms with Crippen LogP contribution >= 0.6 is 0 Å². The molecule has 0 aliphatic heterocycles. The number of hydrogen-bond donors (Lipinski definition) is 0. The van der Waals surface area contributed by atoms with Crippen LogP contribution in [-0.2, 0) is 10.8 Å². The molecule has 0 spiro atoms. The zero-order valence-electron chi connectivity index (χ0n) is 20.6. The molecule has 0 N–H and O–H groups in total. The van der Waals surface area contributed by atoms with Crippen molar-refractivity contribution in [2.75, 3.05) is 0 Å². The van der Waals surface area contributed by atoms with Gasteiger partial charge in [0.1, 0.15) is 0 Å². The lowest BCUT2D eigenvalue weighted by atomic mass is 9.74. The Morgan fingerprint density at radius 1 is 0.485 bits per heavy atom. The first-order chi connectivity index (χ1) is 15.6. The average Bonchev–Trinajstić information content (AvgIpc) is 3.12. The zero-order chi connectivity index (χ0) is 23.4. The molecular formula is C32H33N. The van der Waals surface area contributed by atoms with Crippen LogP contribution in [-0.4, -0.2) is 4.57 Å². The van der Waals surface area contributed by atoms with Crippen LogP contribution in [0.3, 0.4) is 0 Å². The number of rotatable bonds is 2. The monoisotopic (exact) mass is 431 g/mol. The van der Waals surface area contributed by atoms with E-state index in [0.717, 1.165) is 0 Å². The molecule has 1 heterocycles. The molecule has 1 aromatic heterocycles. The summed E-state index contributed by atoms with van der Waals surface area (Å²) < 4.78 is 2.37. The fourth-order valence-corrected chi connectivity index (χ4v) is 5.01. The second-order valence-corrected chi connectivity index (χ2v) is 11.2. The molecule has 5 aromatic rings. The molecule has 0 aliphatic rings. The molecule has 0 amide bonds. The molecule has 5 rings (SSSR count). The lowest BCUT2D eigenvalue weighted by Crippen LogP contribution is -2.21. The smallest absolute Gasteiger partial charge is 0.0541 e. The molecule has 33 heavy (non-hydrogen) atoms. The molecular weight excluding hydrogens is 398 g/mol. The van der Waals surface area contributed by atoms with E-state index in [1.54, 1.807) is 0 Å². The highest BCUT2D eigenvalue weighted by molar-refractivity contribution is 6.10. The Bertz CT molecular complexity index is 1450. The second kappa shape index (κ2) is 7.63. The minimum atomic E-state index is 0.0893. The predicted molar refractivity (Wildman–Crippen MR) is 144 cm³/mol. The van der Waals surface area contributed by atoms with Crippen LogP contribution in [0.1, 0.15) is 52.7 Å². The van der Waals surface area contributed by atoms with Crippen LogP contribution in [0, 0.1) is 0 Å². The van der Waals surface area contributed by atoms with Crippen LogP contribution in [0.2, 0.25) is 0 Å². The van der Waals surface area contributed by atoms with Crippen molar-refractivity contribution in [1.29, 1.82) is 0 Å². The summed E-state index contributed by atoms with van der Waals surface area (Å²) in [6.45, 7) is 13.9. The summed E-state index contributed by atoms with van der Waals surface area (Å²) in [5.41, 5.74) is 9.31. The molecule has 0 saturated carbocycles. The summed E-state index contributed by atoms with van der Waals surface area (Å²) in [4.78, 5) is 0. The number of nitrogens with zero attached hydrogens (tertiary/aromatic N) is 1. The molecule has 1 heteroatoms. The minimum Gasteiger partial charge on any atom is -0.309 e. The topological polar surface area (TPSA) is 4.93 Å². The van der Waals surface area contributed by atoms with Crippen LogP contribution in [0.15, 0.2) is 91.0 Å². The summed E-state index contributed by atoms with van der Waals surface area (Å²) in [6.07, 6.45) is 0. The van der Waals surface area contributed by atoms with Crippen molar-refractivity contribution in [2.24, 2.45) is 0 Å². The van der Waals surface area contributed by atoms with Crippen molar-refractivity contribution in [2.45, 2.75) is 52.4 Å². The van der Waals surface area contributed by atoms with Crippen LogP contribution in [0.25, 0.3) is 38.6 Å². The standard InChI is InChI=1S/C32H33N/c1-31(2,3)27-18-16-23(21-28(27)32(4,5)6)22-17-19-30-26(20-22)25-14-10-11-15-29(25)33(30)24-12-8-7-9-13-24/h7-21H,1-6H3. The van der Waals surface area contributed by atoms with Crippen LogP contribution in [0.4, 0.5) is 0 Å². The van der Waals surface area contributed by atoms with E-state index in [2.05, 4.69) is 137 Å². The zero-order valence-corrected chi connectivity index (χ0v) is 20.6. The predicted octanol–water partition coefficient (Wildman–Crippen LogP) is 9.05. The molecule has 4 aromatic carbocycles. The van der Waals surface area contributed by atoms with E-state index >= 15 is 0 Å². The highest BCUT2D eigenvalue weighted by Crippen LogP contribution is 2.39. The van der Waals surface area contributed by atoms with Gasteiger partial charge in [-0.15, -0.1) is 0 Å². The van der Waals surface area contributed by atoms with Gasteiger partial charge in [0.2, 0.25) is 0 Å². The lowest BCUT2D eigenvalue weighted by Gasteiger charge is -2.30. The van der Waals surface area contributed by atoms with Gasteiger partial charge in [0.05, 0.1) is 11.0 Å². The molecule has 1 nitrogen and oxygen atoms in total. The normalized spacial score (nSPS) is 12.5. The van der Waals surface area contributed by atoms with Crippen molar-refractivity contribution in [3.05, 3.63) is 102 Å². The third-order valence-corrected chi connectivity index (χ3v) is 6.66. The Labute approximate surface area is 197 Å². The highest BCUT2D eigenvalue weighted by Gasteiger charge is 2.25. The largest absolute Gasteiger partial charge is 0.309 e. The van der Waals surface area contributed by atoms with Crippen molar-refractivity contribution < 1.29 is 0 Å². The van der Waals surface area contributed by atoms with E-state index in [1.165, 1.54) is 49.7 Å². The molecule has 0 saturated heterocycles. The fourth-order valence-electron chi connectivity index (χ4n) is 5.01. The molecule has 0 unspecified atom stereocenters. The van der Waals surface area contributed by atoms with Crippen molar-refractivity contribution in [3.8, 4) is 16.8 Å². The van der Waals surface area contributed by atoms with Gasteiger partial charge in [0, 0.05) is 16.5 Å². The lowest BCUT2D eigenvalue weighted by molar-refractivity contribution is 0.530. The Balaban J connectivity index is 1.74. The Kier molecular flexibility index (Phi) is 4.97. The van der Waals surface area contributed by atoms with Gasteiger partial charge >= 0.3 is 0 Å². The van der Waals surface area contributed by atoms with E-state index in [0.29, 0.717) is 0 Å². The molecule has 166 valence electrons. The van der Waals surface area contributed by atoms with E-state index in [9.17, 15) is 0 Å². The third-order valence-electron chi connectivity index (χ3n) is 6.66. The van der Waals surface area contributed by atoms with E-state index in [4.69, 9.17) is 0 Å². The third kappa shape index (κ3) is 3.76. The number of para-hydroxylation sites is 2. The van der Waals surface area contributed by atoms with Gasteiger partial charge in [0.25, 0.3) is 0 Å². The number of benzene rings is 4. The number of fused-ring (bicyclic) bond motifs is 3. The van der Waals surface area contributed by atoms with Crippen molar-refractivity contribution in [1.82, 2.24) is 4.57 Å². The van der Waals surface area contributed by atoms with Gasteiger partial charge < -0.3 is 4.57 Å². The maximum atomic E-state index is 2.41. The quantitative estimate of drug-likeness (QED) is 0.263. The highest BCUT2D eigenvalue weighted by atomic mass is 15.0. The summed E-state index contributed by atoms with van der Waals surface area (Å²) in [5.74, 6) is 0. The van der Waals surface area contributed by atoms with Gasteiger partial charge in [-0.25, -0.2) is 0 Å².